The molecule has 120 valence electrons. The number of hydrogen-bond acceptors (Lipinski definition) is 5. The standard InChI is InChI=1S/C15H10Cl2N6O/c16-9-3-7(5-18)4-10(17)13(9)23-14(20)12(11(6-19)22-23)21-15(24)8-1-2-8/h3-4,8H,1-2,20H2,(H,21,24). The van der Waals surface area contributed by atoms with Crippen LogP contribution in [0, 0.1) is 28.6 Å². The molecule has 1 aliphatic carbocycles. The fourth-order valence-corrected chi connectivity index (χ4v) is 2.85. The molecule has 3 N–H and O–H groups in total. The van der Waals surface area contributed by atoms with Gasteiger partial charge in [-0.1, -0.05) is 23.2 Å². The first-order valence-electron chi connectivity index (χ1n) is 6.95. The van der Waals surface area contributed by atoms with Crippen molar-refractivity contribution >= 4 is 40.6 Å². The van der Waals surface area contributed by atoms with Gasteiger partial charge < -0.3 is 11.1 Å². The minimum Gasteiger partial charge on any atom is -0.382 e. The van der Waals surface area contributed by atoms with E-state index in [1.165, 1.54) is 16.8 Å². The van der Waals surface area contributed by atoms with E-state index < -0.39 is 0 Å². The molecule has 0 spiro atoms. The number of nitrogens with zero attached hydrogens (tertiary/aromatic N) is 4. The zero-order valence-electron chi connectivity index (χ0n) is 12.2. The lowest BCUT2D eigenvalue weighted by molar-refractivity contribution is -0.117. The van der Waals surface area contributed by atoms with Crippen LogP contribution in [0.2, 0.25) is 10.0 Å². The molecule has 1 aromatic heterocycles. The van der Waals surface area contributed by atoms with Crippen molar-refractivity contribution in [2.45, 2.75) is 12.8 Å². The molecule has 1 heterocycles. The molecular formula is C15H10Cl2N6O. The molecule has 2 aromatic rings. The van der Waals surface area contributed by atoms with Gasteiger partial charge in [0.25, 0.3) is 0 Å². The van der Waals surface area contributed by atoms with Gasteiger partial charge in [0.15, 0.2) is 11.5 Å². The van der Waals surface area contributed by atoms with Crippen LogP contribution in [-0.2, 0) is 4.79 Å². The topological polar surface area (TPSA) is 121 Å². The fourth-order valence-electron chi connectivity index (χ4n) is 2.21. The van der Waals surface area contributed by atoms with Gasteiger partial charge >= 0.3 is 0 Å². The average Bonchev–Trinajstić information content (AvgIpc) is 3.35. The normalized spacial score (nSPS) is 13.2. The van der Waals surface area contributed by atoms with Crippen LogP contribution < -0.4 is 11.1 Å². The highest BCUT2D eigenvalue weighted by Crippen LogP contribution is 2.36. The fraction of sp³-hybridized carbons (Fsp3) is 0.200. The molecule has 0 saturated heterocycles. The summed E-state index contributed by atoms with van der Waals surface area (Å²) in [5, 5.41) is 25.2. The Hall–Kier alpha value is -2.74. The molecule has 0 radical (unpaired) electrons. The molecule has 0 atom stereocenters. The Morgan fingerprint density at radius 3 is 2.42 bits per heavy atom. The highest BCUT2D eigenvalue weighted by Gasteiger charge is 2.31. The van der Waals surface area contributed by atoms with E-state index in [-0.39, 0.29) is 50.3 Å². The zero-order valence-corrected chi connectivity index (χ0v) is 13.7. The summed E-state index contributed by atoms with van der Waals surface area (Å²) in [6.07, 6.45) is 1.63. The van der Waals surface area contributed by atoms with E-state index in [0.29, 0.717) is 0 Å². The summed E-state index contributed by atoms with van der Waals surface area (Å²) < 4.78 is 1.19. The third-order valence-corrected chi connectivity index (χ3v) is 4.16. The van der Waals surface area contributed by atoms with Gasteiger partial charge in [-0.2, -0.15) is 15.6 Å². The summed E-state index contributed by atoms with van der Waals surface area (Å²) in [5.74, 6) is -0.217. The van der Waals surface area contributed by atoms with Crippen LogP contribution in [0.4, 0.5) is 11.5 Å². The second kappa shape index (κ2) is 6.04. The van der Waals surface area contributed by atoms with Gasteiger partial charge in [0.2, 0.25) is 5.91 Å². The molecule has 3 rings (SSSR count). The molecule has 0 unspecified atom stereocenters. The third kappa shape index (κ3) is 2.76. The maximum absolute atomic E-state index is 12.0. The molecule has 0 bridgehead atoms. The predicted octanol–water partition coefficient (Wildman–Crippen LogP) is 2.85. The summed E-state index contributed by atoms with van der Waals surface area (Å²) in [7, 11) is 0. The SMILES string of the molecule is N#Cc1cc(Cl)c(-n2nc(C#N)c(NC(=O)C3CC3)c2N)c(Cl)c1. The van der Waals surface area contributed by atoms with Gasteiger partial charge in [-0.15, -0.1) is 0 Å². The first-order valence-corrected chi connectivity index (χ1v) is 7.70. The molecule has 7 nitrogen and oxygen atoms in total. The average molecular weight is 361 g/mol. The highest BCUT2D eigenvalue weighted by atomic mass is 35.5. The van der Waals surface area contributed by atoms with E-state index in [4.69, 9.17) is 34.2 Å². The van der Waals surface area contributed by atoms with E-state index in [0.717, 1.165) is 12.8 Å². The second-order valence-corrected chi connectivity index (χ2v) is 6.11. The number of halogens is 2. The van der Waals surface area contributed by atoms with Gasteiger partial charge in [-0.25, -0.2) is 4.68 Å². The van der Waals surface area contributed by atoms with Gasteiger partial charge in [0.1, 0.15) is 17.4 Å². The molecule has 1 aliphatic rings. The smallest absolute Gasteiger partial charge is 0.227 e. The predicted molar refractivity (Wildman–Crippen MR) is 88.8 cm³/mol. The van der Waals surface area contributed by atoms with Crippen LogP contribution in [0.5, 0.6) is 0 Å². The largest absolute Gasteiger partial charge is 0.382 e. The van der Waals surface area contributed by atoms with Gasteiger partial charge in [-0.05, 0) is 25.0 Å². The van der Waals surface area contributed by atoms with E-state index in [2.05, 4.69) is 10.4 Å². The summed E-state index contributed by atoms with van der Waals surface area (Å²) in [5.41, 5.74) is 6.64. The van der Waals surface area contributed by atoms with Crippen molar-refractivity contribution in [3.05, 3.63) is 33.4 Å². The van der Waals surface area contributed by atoms with Crippen molar-refractivity contribution in [1.29, 1.82) is 10.5 Å². The second-order valence-electron chi connectivity index (χ2n) is 5.30. The Labute approximate surface area is 147 Å². The van der Waals surface area contributed by atoms with E-state index in [1.54, 1.807) is 0 Å². The number of nitrogen functional groups attached to an aromatic ring is 1. The lowest BCUT2D eigenvalue weighted by atomic mass is 10.2. The third-order valence-electron chi connectivity index (χ3n) is 3.58. The van der Waals surface area contributed by atoms with Gasteiger partial charge in [0, 0.05) is 5.92 Å². The number of carbonyl (C=O) groups excluding carboxylic acids is 1. The number of amides is 1. The minimum atomic E-state index is -0.199. The number of anilines is 2. The lowest BCUT2D eigenvalue weighted by Gasteiger charge is -2.10. The number of aromatic nitrogens is 2. The Morgan fingerprint density at radius 1 is 1.29 bits per heavy atom. The Balaban J connectivity index is 2.10. The van der Waals surface area contributed by atoms with Crippen LogP contribution in [0.25, 0.3) is 5.69 Å². The molecule has 1 saturated carbocycles. The van der Waals surface area contributed by atoms with Crippen molar-refractivity contribution in [3.63, 3.8) is 0 Å². The van der Waals surface area contributed by atoms with Crippen molar-refractivity contribution in [1.82, 2.24) is 9.78 Å². The molecule has 0 aliphatic heterocycles. The van der Waals surface area contributed by atoms with Crippen LogP contribution in [0.3, 0.4) is 0 Å². The number of rotatable bonds is 3. The Morgan fingerprint density at radius 2 is 1.92 bits per heavy atom. The van der Waals surface area contributed by atoms with Crippen molar-refractivity contribution in [3.8, 4) is 17.8 Å². The summed E-state index contributed by atoms with van der Waals surface area (Å²) in [6, 6.07) is 6.65. The summed E-state index contributed by atoms with van der Waals surface area (Å²) in [6.45, 7) is 0. The van der Waals surface area contributed by atoms with Crippen molar-refractivity contribution < 1.29 is 4.79 Å². The van der Waals surface area contributed by atoms with E-state index in [9.17, 15) is 10.1 Å². The number of hydrogen-bond donors (Lipinski definition) is 2. The number of carbonyl (C=O) groups is 1. The Kier molecular flexibility index (Phi) is 4.06. The number of nitrogens with two attached hydrogens (primary N) is 1. The zero-order chi connectivity index (χ0) is 17.4. The highest BCUT2D eigenvalue weighted by molar-refractivity contribution is 6.38. The molecule has 9 heteroatoms. The maximum Gasteiger partial charge on any atom is 0.227 e. The van der Waals surface area contributed by atoms with Gasteiger partial charge in [-0.3, -0.25) is 4.79 Å². The van der Waals surface area contributed by atoms with Crippen LogP contribution in [0.1, 0.15) is 24.1 Å². The summed E-state index contributed by atoms with van der Waals surface area (Å²) in [4.78, 5) is 12.0. The van der Waals surface area contributed by atoms with Crippen molar-refractivity contribution in [2.75, 3.05) is 11.1 Å². The quantitative estimate of drug-likeness (QED) is 0.871. The molecule has 1 fully saturated rings. The maximum atomic E-state index is 12.0. The first-order chi connectivity index (χ1) is 11.5. The lowest BCUT2D eigenvalue weighted by Crippen LogP contribution is -2.15. The molecule has 1 aromatic carbocycles. The number of benzene rings is 1. The molecule has 24 heavy (non-hydrogen) atoms. The van der Waals surface area contributed by atoms with Crippen LogP contribution in [0.15, 0.2) is 12.1 Å². The monoisotopic (exact) mass is 360 g/mol. The number of nitrogens with one attached hydrogen (secondary N) is 1. The summed E-state index contributed by atoms with van der Waals surface area (Å²) >= 11 is 12.3. The number of nitriles is 2. The minimum absolute atomic E-state index is 0.0362. The van der Waals surface area contributed by atoms with E-state index >= 15 is 0 Å². The molecule has 1 amide bonds. The molecular weight excluding hydrogens is 351 g/mol. The van der Waals surface area contributed by atoms with Crippen LogP contribution >= 0.6 is 23.2 Å². The van der Waals surface area contributed by atoms with Crippen LogP contribution in [-0.4, -0.2) is 15.7 Å². The Bertz CT molecular complexity index is 910. The van der Waals surface area contributed by atoms with E-state index in [1.807, 2.05) is 12.1 Å². The van der Waals surface area contributed by atoms with Gasteiger partial charge in [0.05, 0.1) is 21.7 Å². The first kappa shape index (κ1) is 16.1. The van der Waals surface area contributed by atoms with Crippen molar-refractivity contribution in [2.24, 2.45) is 5.92 Å².